The van der Waals surface area contributed by atoms with E-state index < -0.39 is 10.0 Å². The van der Waals surface area contributed by atoms with Gasteiger partial charge in [0.25, 0.3) is 0 Å². The third-order valence-corrected chi connectivity index (χ3v) is 5.40. The van der Waals surface area contributed by atoms with Crippen LogP contribution in [0, 0.1) is 5.92 Å². The van der Waals surface area contributed by atoms with Crippen LogP contribution in [0.15, 0.2) is 20.0 Å². The molecule has 1 aromatic rings. The van der Waals surface area contributed by atoms with E-state index in [4.69, 9.17) is 4.42 Å². The fourth-order valence-electron chi connectivity index (χ4n) is 1.80. The Balaban J connectivity index is 1.99. The molecule has 1 aliphatic rings. The molecule has 1 fully saturated rings. The predicted octanol–water partition coefficient (Wildman–Crippen LogP) is 2.23. The van der Waals surface area contributed by atoms with Crippen LogP contribution in [0.4, 0.5) is 0 Å². The van der Waals surface area contributed by atoms with Gasteiger partial charge >= 0.3 is 0 Å². The smallest absolute Gasteiger partial charge is 0.244 e. The van der Waals surface area contributed by atoms with Crippen molar-refractivity contribution in [1.29, 1.82) is 0 Å². The maximum atomic E-state index is 12.1. The molecule has 0 aliphatic heterocycles. The Morgan fingerprint density at radius 2 is 2.21 bits per heavy atom. The van der Waals surface area contributed by atoms with Gasteiger partial charge in [-0.25, -0.2) is 13.1 Å². The van der Waals surface area contributed by atoms with Gasteiger partial charge in [-0.2, -0.15) is 0 Å². The number of furan rings is 1. The average Bonchev–Trinajstić information content (AvgIpc) is 3.08. The first-order chi connectivity index (χ1) is 9.03. The van der Waals surface area contributed by atoms with Crippen molar-refractivity contribution in [1.82, 2.24) is 10.0 Å². The first-order valence-electron chi connectivity index (χ1n) is 6.51. The molecule has 0 aromatic carbocycles. The monoisotopic (exact) mass is 350 g/mol. The van der Waals surface area contributed by atoms with Gasteiger partial charge in [0, 0.05) is 12.6 Å². The van der Waals surface area contributed by atoms with Gasteiger partial charge in [0.2, 0.25) is 10.0 Å². The van der Waals surface area contributed by atoms with Gasteiger partial charge in [-0.05, 0) is 34.8 Å². The summed E-state index contributed by atoms with van der Waals surface area (Å²) in [5.41, 5.74) is 0. The predicted molar refractivity (Wildman–Crippen MR) is 76.3 cm³/mol. The van der Waals surface area contributed by atoms with Gasteiger partial charge in [0.15, 0.2) is 4.67 Å². The lowest BCUT2D eigenvalue weighted by atomic mass is 10.3. The first kappa shape index (κ1) is 15.0. The van der Waals surface area contributed by atoms with E-state index in [1.807, 2.05) is 6.92 Å². The van der Waals surface area contributed by atoms with E-state index in [0.717, 1.165) is 13.0 Å². The molecule has 1 aromatic heterocycles. The molecule has 0 amide bonds. The second-order valence-electron chi connectivity index (χ2n) is 4.76. The lowest BCUT2D eigenvalue weighted by molar-refractivity contribution is 0.464. The lowest BCUT2D eigenvalue weighted by Gasteiger charge is -2.03. The maximum Gasteiger partial charge on any atom is 0.244 e. The highest BCUT2D eigenvalue weighted by atomic mass is 79.9. The standard InChI is InChI=1S/C12H19BrN2O3S/c1-2-14-8-10-7-11(12(13)18-10)19(16,17)15-6-5-9-3-4-9/h7,9,14-15H,2-6,8H2,1H3. The Labute approximate surface area is 122 Å². The summed E-state index contributed by atoms with van der Waals surface area (Å²) in [6, 6.07) is 1.56. The number of hydrogen-bond acceptors (Lipinski definition) is 4. The molecule has 19 heavy (non-hydrogen) atoms. The quantitative estimate of drug-likeness (QED) is 0.754. The van der Waals surface area contributed by atoms with Crippen molar-refractivity contribution in [3.63, 3.8) is 0 Å². The summed E-state index contributed by atoms with van der Waals surface area (Å²) in [6.07, 6.45) is 3.37. The molecule has 0 bridgehead atoms. The number of hydrogen-bond donors (Lipinski definition) is 2. The molecule has 0 unspecified atom stereocenters. The molecular weight excluding hydrogens is 332 g/mol. The summed E-state index contributed by atoms with van der Waals surface area (Å²) in [4.78, 5) is 0.177. The molecule has 1 heterocycles. The van der Waals surface area contributed by atoms with Gasteiger partial charge < -0.3 is 9.73 Å². The molecule has 2 N–H and O–H groups in total. The Kier molecular flexibility index (Phi) is 5.05. The van der Waals surface area contributed by atoms with E-state index in [9.17, 15) is 8.42 Å². The van der Waals surface area contributed by atoms with Gasteiger partial charge in [0.05, 0.1) is 6.54 Å². The summed E-state index contributed by atoms with van der Waals surface area (Å²) >= 11 is 3.16. The fraction of sp³-hybridized carbons (Fsp3) is 0.667. The molecule has 7 heteroatoms. The summed E-state index contributed by atoms with van der Waals surface area (Å²) in [5, 5.41) is 3.09. The number of sulfonamides is 1. The Hall–Kier alpha value is -0.370. The van der Waals surface area contributed by atoms with Crippen LogP contribution < -0.4 is 10.0 Å². The summed E-state index contributed by atoms with van der Waals surface area (Å²) < 4.78 is 32.5. The molecule has 0 spiro atoms. The summed E-state index contributed by atoms with van der Waals surface area (Å²) in [6.45, 7) is 3.80. The van der Waals surface area contributed by atoms with E-state index in [0.29, 0.717) is 24.8 Å². The third kappa shape index (κ3) is 4.30. The lowest BCUT2D eigenvalue weighted by Crippen LogP contribution is -2.25. The minimum atomic E-state index is -3.48. The topological polar surface area (TPSA) is 71.3 Å². The highest BCUT2D eigenvalue weighted by Crippen LogP contribution is 2.32. The molecule has 2 rings (SSSR count). The molecule has 1 aliphatic carbocycles. The summed E-state index contributed by atoms with van der Waals surface area (Å²) in [7, 11) is -3.48. The van der Waals surface area contributed by atoms with Crippen LogP contribution in [-0.4, -0.2) is 21.5 Å². The van der Waals surface area contributed by atoms with Gasteiger partial charge in [0.1, 0.15) is 10.7 Å². The molecule has 0 saturated heterocycles. The van der Waals surface area contributed by atoms with Crippen LogP contribution in [0.2, 0.25) is 0 Å². The van der Waals surface area contributed by atoms with E-state index in [-0.39, 0.29) is 9.56 Å². The van der Waals surface area contributed by atoms with Gasteiger partial charge in [-0.15, -0.1) is 0 Å². The van der Waals surface area contributed by atoms with E-state index >= 15 is 0 Å². The van der Waals surface area contributed by atoms with Crippen LogP contribution in [0.25, 0.3) is 0 Å². The maximum absolute atomic E-state index is 12.1. The van der Waals surface area contributed by atoms with E-state index in [2.05, 4.69) is 26.0 Å². The Bertz CT molecular complexity index is 523. The summed E-state index contributed by atoms with van der Waals surface area (Å²) in [5.74, 6) is 1.32. The Morgan fingerprint density at radius 3 is 2.84 bits per heavy atom. The molecule has 108 valence electrons. The van der Waals surface area contributed by atoms with Crippen molar-refractivity contribution >= 4 is 26.0 Å². The SMILES string of the molecule is CCNCc1cc(S(=O)(=O)NCCC2CC2)c(Br)o1. The van der Waals surface area contributed by atoms with Gasteiger partial charge in [-0.3, -0.25) is 0 Å². The van der Waals surface area contributed by atoms with Crippen LogP contribution in [-0.2, 0) is 16.6 Å². The third-order valence-electron chi connectivity index (χ3n) is 3.09. The van der Waals surface area contributed by atoms with Crippen molar-refractivity contribution in [3.05, 3.63) is 16.5 Å². The normalized spacial score (nSPS) is 15.9. The molecular formula is C12H19BrN2O3S. The van der Waals surface area contributed by atoms with E-state index in [1.165, 1.54) is 12.8 Å². The highest BCUT2D eigenvalue weighted by Gasteiger charge is 2.24. The van der Waals surface area contributed by atoms with Gasteiger partial charge in [-0.1, -0.05) is 19.8 Å². The van der Waals surface area contributed by atoms with Crippen molar-refractivity contribution in [2.75, 3.05) is 13.1 Å². The van der Waals surface area contributed by atoms with Crippen molar-refractivity contribution < 1.29 is 12.8 Å². The van der Waals surface area contributed by atoms with Crippen LogP contribution in [0.3, 0.4) is 0 Å². The van der Waals surface area contributed by atoms with E-state index in [1.54, 1.807) is 6.07 Å². The van der Waals surface area contributed by atoms with Crippen LogP contribution in [0.5, 0.6) is 0 Å². The van der Waals surface area contributed by atoms with Crippen molar-refractivity contribution in [2.24, 2.45) is 5.92 Å². The fourth-order valence-corrected chi connectivity index (χ4v) is 3.84. The molecule has 0 radical (unpaired) electrons. The van der Waals surface area contributed by atoms with Crippen LogP contribution >= 0.6 is 15.9 Å². The highest BCUT2D eigenvalue weighted by molar-refractivity contribution is 9.10. The second kappa shape index (κ2) is 6.39. The number of rotatable bonds is 8. The minimum absolute atomic E-state index is 0.177. The zero-order valence-electron chi connectivity index (χ0n) is 10.9. The minimum Gasteiger partial charge on any atom is -0.452 e. The van der Waals surface area contributed by atoms with Crippen LogP contribution in [0.1, 0.15) is 31.9 Å². The molecule has 0 atom stereocenters. The van der Waals surface area contributed by atoms with Crippen molar-refractivity contribution in [3.8, 4) is 0 Å². The first-order valence-corrected chi connectivity index (χ1v) is 8.79. The Morgan fingerprint density at radius 1 is 1.47 bits per heavy atom. The zero-order chi connectivity index (χ0) is 13.9. The zero-order valence-corrected chi connectivity index (χ0v) is 13.3. The molecule has 1 saturated carbocycles. The average molecular weight is 351 g/mol. The number of nitrogens with one attached hydrogen (secondary N) is 2. The number of halogens is 1. The second-order valence-corrected chi connectivity index (χ2v) is 7.22. The van der Waals surface area contributed by atoms with Crippen molar-refractivity contribution in [2.45, 2.75) is 37.6 Å². The largest absolute Gasteiger partial charge is 0.452 e. The molecule has 5 nitrogen and oxygen atoms in total.